The number of Topliss-reactive ketones (excluding diaryl/α,β-unsaturated/α-hetero) is 1. The molecule has 19 heteroatoms. The van der Waals surface area contributed by atoms with Crippen LogP contribution >= 0.6 is 0 Å². The normalized spacial score (nSPS) is 12.0. The number of alkyl carbamates (subject to hydrolysis) is 2. The Hall–Kier alpha value is -6.27. The number of aromatic nitrogens is 2. The molecule has 0 aliphatic heterocycles. The first-order chi connectivity index (χ1) is 26.1. The van der Waals surface area contributed by atoms with Gasteiger partial charge in [-0.25, -0.2) is 19.4 Å². The van der Waals surface area contributed by atoms with E-state index in [0.717, 1.165) is 10.8 Å². The molecule has 0 bridgehead atoms. The van der Waals surface area contributed by atoms with Gasteiger partial charge in [0.25, 0.3) is 11.3 Å². The van der Waals surface area contributed by atoms with Gasteiger partial charge in [-0.1, -0.05) is 60.7 Å². The zero-order chi connectivity index (χ0) is 41.7. The number of halogens is 3. The smallest absolute Gasteiger partial charge is 0.444 e. The highest BCUT2D eigenvalue weighted by atomic mass is 19.4. The largest absolute Gasteiger partial charge is 0.452 e. The van der Waals surface area contributed by atoms with E-state index in [1.165, 1.54) is 0 Å². The minimum absolute atomic E-state index is 0.0653. The summed E-state index contributed by atoms with van der Waals surface area (Å²) < 4.78 is 57.4. The van der Waals surface area contributed by atoms with Crippen LogP contribution in [0.1, 0.15) is 59.9 Å². The Morgan fingerprint density at radius 2 is 1.38 bits per heavy atom. The first-order valence-electron chi connectivity index (χ1n) is 17.2. The standard InChI is InChI=1S/C37H44F3N7O9/c1-35(2,3)55-33(52)45-31(46-34(53)56-36(4,5)6)41-19-13-18-25(28(49)37(38,39)40)43-27(48)21-47-29(24-16-11-8-12-17-24)42-20-26(30(47)50)44-32(51)54-22-23-14-9-7-10-15-23/h7-12,14-17,20,25H,13,18-19,21-22H2,1-6H3,(H,43,48)(H,44,51)(H2,41,45,46,52,53). The van der Waals surface area contributed by atoms with Crippen LogP contribution < -0.4 is 26.8 Å². The predicted octanol–water partition coefficient (Wildman–Crippen LogP) is 5.46. The van der Waals surface area contributed by atoms with Gasteiger partial charge < -0.3 is 19.5 Å². The van der Waals surface area contributed by atoms with Gasteiger partial charge >= 0.3 is 24.5 Å². The molecule has 0 aliphatic carbocycles. The number of guanidine groups is 1. The minimum Gasteiger partial charge on any atom is -0.444 e. The summed E-state index contributed by atoms with van der Waals surface area (Å²) in [6.45, 7) is 8.14. The fraction of sp³-hybridized carbons (Fsp3) is 0.405. The average Bonchev–Trinajstić information content (AvgIpc) is 3.08. The number of nitrogens with one attached hydrogen (secondary N) is 4. The summed E-state index contributed by atoms with van der Waals surface area (Å²) in [6, 6.07) is 14.6. The molecule has 0 spiro atoms. The van der Waals surface area contributed by atoms with E-state index in [4.69, 9.17) is 14.2 Å². The van der Waals surface area contributed by atoms with E-state index in [0.29, 0.717) is 11.1 Å². The van der Waals surface area contributed by atoms with Crippen molar-refractivity contribution in [3.05, 3.63) is 82.8 Å². The van der Waals surface area contributed by atoms with Crippen molar-refractivity contribution in [1.82, 2.24) is 25.5 Å². The van der Waals surface area contributed by atoms with Crippen molar-refractivity contribution in [3.8, 4) is 11.4 Å². The highest BCUT2D eigenvalue weighted by molar-refractivity contribution is 6.01. The Bertz CT molecular complexity index is 1910. The summed E-state index contributed by atoms with van der Waals surface area (Å²) in [5, 5.41) is 8.77. The highest BCUT2D eigenvalue weighted by Crippen LogP contribution is 2.21. The number of carbonyl (C=O) groups excluding carboxylic acids is 5. The maximum Gasteiger partial charge on any atom is 0.452 e. The maximum atomic E-state index is 13.7. The lowest BCUT2D eigenvalue weighted by Gasteiger charge is -2.22. The van der Waals surface area contributed by atoms with Crippen molar-refractivity contribution < 1.29 is 51.4 Å². The number of ether oxygens (including phenoxy) is 3. The van der Waals surface area contributed by atoms with Crippen LogP contribution in [-0.4, -0.2) is 75.4 Å². The summed E-state index contributed by atoms with van der Waals surface area (Å²) in [5.74, 6) is -3.96. The molecule has 16 nitrogen and oxygen atoms in total. The Labute approximate surface area is 320 Å². The molecule has 302 valence electrons. The lowest BCUT2D eigenvalue weighted by molar-refractivity contribution is -0.174. The molecule has 3 rings (SSSR count). The molecule has 1 atom stereocenters. The summed E-state index contributed by atoms with van der Waals surface area (Å²) in [7, 11) is 0. The van der Waals surface area contributed by atoms with Crippen LogP contribution in [0.4, 0.5) is 33.2 Å². The first kappa shape index (κ1) is 44.1. The van der Waals surface area contributed by atoms with Crippen LogP contribution in [0.3, 0.4) is 0 Å². The van der Waals surface area contributed by atoms with Crippen LogP contribution in [0.15, 0.2) is 76.6 Å². The molecular formula is C37H44F3N7O9. The molecule has 1 unspecified atom stereocenters. The van der Waals surface area contributed by atoms with E-state index in [9.17, 15) is 41.9 Å². The molecule has 0 aliphatic rings. The van der Waals surface area contributed by atoms with E-state index in [1.54, 1.807) is 102 Å². The summed E-state index contributed by atoms with van der Waals surface area (Å²) in [4.78, 5) is 84.9. The van der Waals surface area contributed by atoms with Crippen molar-refractivity contribution in [3.63, 3.8) is 0 Å². The molecule has 3 aromatic rings. The number of carbonyl (C=O) groups is 5. The zero-order valence-corrected chi connectivity index (χ0v) is 31.6. The van der Waals surface area contributed by atoms with Gasteiger partial charge in [0.2, 0.25) is 11.9 Å². The molecule has 4 N–H and O–H groups in total. The van der Waals surface area contributed by atoms with Gasteiger partial charge in [-0.05, 0) is 59.9 Å². The van der Waals surface area contributed by atoms with Gasteiger partial charge in [0.05, 0.1) is 12.2 Å². The van der Waals surface area contributed by atoms with E-state index >= 15 is 0 Å². The molecule has 1 aromatic heterocycles. The van der Waals surface area contributed by atoms with Crippen molar-refractivity contribution in [2.24, 2.45) is 4.99 Å². The van der Waals surface area contributed by atoms with Crippen LogP contribution in [-0.2, 0) is 37.0 Å². The fourth-order valence-corrected chi connectivity index (χ4v) is 4.66. The molecule has 0 saturated heterocycles. The summed E-state index contributed by atoms with van der Waals surface area (Å²) >= 11 is 0. The number of ketones is 1. The van der Waals surface area contributed by atoms with Gasteiger partial charge in [-0.15, -0.1) is 0 Å². The Balaban J connectivity index is 1.81. The van der Waals surface area contributed by atoms with Crippen LogP contribution in [0.5, 0.6) is 0 Å². The van der Waals surface area contributed by atoms with E-state index in [-0.39, 0.29) is 25.4 Å². The van der Waals surface area contributed by atoms with Crippen molar-refractivity contribution >= 4 is 41.6 Å². The van der Waals surface area contributed by atoms with Crippen LogP contribution in [0, 0.1) is 0 Å². The highest BCUT2D eigenvalue weighted by Gasteiger charge is 2.43. The molecule has 56 heavy (non-hydrogen) atoms. The first-order valence-corrected chi connectivity index (χ1v) is 17.2. The van der Waals surface area contributed by atoms with Gasteiger partial charge in [0, 0.05) is 12.1 Å². The third-order valence-corrected chi connectivity index (χ3v) is 6.92. The van der Waals surface area contributed by atoms with Gasteiger partial charge in [-0.2, -0.15) is 13.2 Å². The fourth-order valence-electron chi connectivity index (χ4n) is 4.66. The van der Waals surface area contributed by atoms with Crippen LogP contribution in [0.2, 0.25) is 0 Å². The Morgan fingerprint density at radius 1 is 0.821 bits per heavy atom. The number of alkyl halides is 3. The molecule has 0 radical (unpaired) electrons. The molecule has 4 amide bonds. The molecular weight excluding hydrogens is 743 g/mol. The topological polar surface area (TPSA) is 208 Å². The van der Waals surface area contributed by atoms with Gasteiger partial charge in [0.15, 0.2) is 0 Å². The molecule has 1 heterocycles. The predicted molar refractivity (Wildman–Crippen MR) is 197 cm³/mol. The number of hydrogen-bond donors (Lipinski definition) is 4. The Morgan fingerprint density at radius 3 is 1.91 bits per heavy atom. The summed E-state index contributed by atoms with van der Waals surface area (Å²) in [5.41, 5.74) is -2.18. The summed E-state index contributed by atoms with van der Waals surface area (Å²) in [6.07, 6.45) is -8.22. The van der Waals surface area contributed by atoms with Crippen molar-refractivity contribution in [2.45, 2.75) is 91.0 Å². The number of anilines is 1. The lowest BCUT2D eigenvalue weighted by atomic mass is 10.1. The van der Waals surface area contributed by atoms with Crippen molar-refractivity contribution in [1.29, 1.82) is 0 Å². The number of rotatable bonds is 12. The maximum absolute atomic E-state index is 13.7. The zero-order valence-electron chi connectivity index (χ0n) is 31.6. The van der Waals surface area contributed by atoms with Gasteiger partial charge in [0.1, 0.15) is 35.9 Å². The van der Waals surface area contributed by atoms with E-state index < -0.39 is 83.6 Å². The minimum atomic E-state index is -5.36. The molecule has 0 fully saturated rings. The van der Waals surface area contributed by atoms with Gasteiger partial charge in [-0.3, -0.25) is 39.9 Å². The van der Waals surface area contributed by atoms with Crippen molar-refractivity contribution in [2.75, 3.05) is 11.9 Å². The Kier molecular flexibility index (Phi) is 15.3. The second kappa shape index (κ2) is 19.4. The quantitative estimate of drug-likeness (QED) is 0.0789. The third kappa shape index (κ3) is 15.2. The number of hydrogen-bond acceptors (Lipinski definition) is 11. The number of benzene rings is 2. The van der Waals surface area contributed by atoms with Crippen LogP contribution in [0.25, 0.3) is 11.4 Å². The van der Waals surface area contributed by atoms with E-state index in [2.05, 4.69) is 25.9 Å². The second-order valence-electron chi connectivity index (χ2n) is 14.0. The van der Waals surface area contributed by atoms with E-state index in [1.807, 2.05) is 5.32 Å². The third-order valence-electron chi connectivity index (χ3n) is 6.92. The number of amides is 4. The average molecular weight is 788 g/mol. The molecule has 2 aromatic carbocycles. The number of aliphatic imine (C=N–C) groups is 1. The SMILES string of the molecule is CC(C)(C)OC(=O)NC(=NCCCC(NC(=O)Cn1c(-c2ccccc2)ncc(NC(=O)OCc2ccccc2)c1=O)C(=O)C(F)(F)F)NC(=O)OC(C)(C)C. The number of nitrogens with zero attached hydrogens (tertiary/aromatic N) is 3. The monoisotopic (exact) mass is 787 g/mol. The lowest BCUT2D eigenvalue weighted by Crippen LogP contribution is -2.48. The second-order valence-corrected chi connectivity index (χ2v) is 14.0. The molecule has 0 saturated carbocycles.